The lowest BCUT2D eigenvalue weighted by molar-refractivity contribution is 0.315. The molecule has 2 aromatic heterocycles. The summed E-state index contributed by atoms with van der Waals surface area (Å²) in [4.78, 5) is 18.9. The summed E-state index contributed by atoms with van der Waals surface area (Å²) < 4.78 is 1.57. The van der Waals surface area contributed by atoms with Crippen LogP contribution in [0.5, 0.6) is 0 Å². The highest BCUT2D eigenvalue weighted by atomic mass is 35.5. The molecule has 0 fully saturated rings. The topological polar surface area (TPSA) is 37.6 Å². The summed E-state index contributed by atoms with van der Waals surface area (Å²) in [5, 5.41) is 0.732. The Balaban J connectivity index is 1.80. The average molecular weight is 328 g/mol. The molecule has 0 unspecified atom stereocenters. The van der Waals surface area contributed by atoms with E-state index in [0.717, 1.165) is 22.8 Å². The molecule has 0 saturated carbocycles. The van der Waals surface area contributed by atoms with E-state index in [-0.39, 0.29) is 5.56 Å². The van der Waals surface area contributed by atoms with Crippen molar-refractivity contribution in [3.63, 3.8) is 0 Å². The molecule has 0 atom stereocenters. The first kappa shape index (κ1) is 15.7. The first-order valence-electron chi connectivity index (χ1n) is 7.43. The minimum atomic E-state index is -0.0510. The highest BCUT2D eigenvalue weighted by Crippen LogP contribution is 2.12. The highest BCUT2D eigenvalue weighted by molar-refractivity contribution is 6.30. The molecule has 0 aliphatic carbocycles. The highest BCUT2D eigenvalue weighted by Gasteiger charge is 2.07. The third-order valence-corrected chi connectivity index (χ3v) is 3.93. The number of hydrogen-bond acceptors (Lipinski definition) is 3. The van der Waals surface area contributed by atoms with E-state index in [2.05, 4.69) is 9.88 Å². The van der Waals surface area contributed by atoms with Crippen molar-refractivity contribution in [3.05, 3.63) is 80.9 Å². The quantitative estimate of drug-likeness (QED) is 0.738. The van der Waals surface area contributed by atoms with Gasteiger partial charge in [-0.15, -0.1) is 0 Å². The maximum atomic E-state index is 12.2. The molecule has 0 bridgehead atoms. The van der Waals surface area contributed by atoms with Crippen molar-refractivity contribution < 1.29 is 0 Å². The zero-order valence-corrected chi connectivity index (χ0v) is 13.9. The molecule has 118 valence electrons. The molecule has 0 aliphatic heterocycles. The van der Waals surface area contributed by atoms with Gasteiger partial charge in [-0.3, -0.25) is 14.1 Å². The van der Waals surface area contributed by atoms with Gasteiger partial charge in [-0.1, -0.05) is 23.7 Å². The van der Waals surface area contributed by atoms with Gasteiger partial charge in [-0.05, 0) is 49.4 Å². The number of pyridine rings is 1. The number of fused-ring (bicyclic) bond motifs is 1. The molecule has 2 heterocycles. The summed E-state index contributed by atoms with van der Waals surface area (Å²) in [5.41, 5.74) is 3.67. The predicted molar refractivity (Wildman–Crippen MR) is 92.8 cm³/mol. The van der Waals surface area contributed by atoms with E-state index in [9.17, 15) is 4.79 Å². The van der Waals surface area contributed by atoms with Crippen LogP contribution < -0.4 is 5.56 Å². The normalized spacial score (nSPS) is 11.3. The second-order valence-corrected chi connectivity index (χ2v) is 6.25. The van der Waals surface area contributed by atoms with E-state index in [1.807, 2.05) is 50.4 Å². The second kappa shape index (κ2) is 6.52. The number of rotatable bonds is 4. The summed E-state index contributed by atoms with van der Waals surface area (Å²) in [6.45, 7) is 3.37. The van der Waals surface area contributed by atoms with E-state index in [4.69, 9.17) is 11.6 Å². The fourth-order valence-electron chi connectivity index (χ4n) is 2.57. The predicted octanol–water partition coefficient (Wildman–Crippen LogP) is 3.29. The van der Waals surface area contributed by atoms with Crippen molar-refractivity contribution in [2.75, 3.05) is 7.05 Å². The van der Waals surface area contributed by atoms with Crippen molar-refractivity contribution in [2.24, 2.45) is 0 Å². The molecule has 3 aromatic rings. The van der Waals surface area contributed by atoms with Gasteiger partial charge >= 0.3 is 0 Å². The van der Waals surface area contributed by atoms with Crippen molar-refractivity contribution in [3.8, 4) is 0 Å². The van der Waals surface area contributed by atoms with Gasteiger partial charge in [0, 0.05) is 30.4 Å². The van der Waals surface area contributed by atoms with E-state index < -0.39 is 0 Å². The summed E-state index contributed by atoms with van der Waals surface area (Å²) in [6.07, 6.45) is 1.77. The van der Waals surface area contributed by atoms with Crippen LogP contribution in [0.15, 0.2) is 53.5 Å². The number of aryl methyl sites for hydroxylation is 1. The fourth-order valence-corrected chi connectivity index (χ4v) is 2.69. The molecule has 0 N–H and O–H groups in total. The average Bonchev–Trinajstić information content (AvgIpc) is 2.49. The van der Waals surface area contributed by atoms with Crippen LogP contribution in [0.4, 0.5) is 0 Å². The van der Waals surface area contributed by atoms with Gasteiger partial charge in [-0.2, -0.15) is 0 Å². The number of nitrogens with zero attached hydrogens (tertiary/aromatic N) is 3. The molecule has 5 heteroatoms. The van der Waals surface area contributed by atoms with E-state index in [0.29, 0.717) is 12.2 Å². The van der Waals surface area contributed by atoms with Crippen LogP contribution in [0.2, 0.25) is 5.02 Å². The number of benzene rings is 1. The molecule has 1 aromatic carbocycles. The Morgan fingerprint density at radius 2 is 1.87 bits per heavy atom. The standard InChI is InChI=1S/C18H18ClN3O/c1-13-7-8-22-17(9-13)20-16(10-18(22)23)12-21(2)11-14-3-5-15(19)6-4-14/h3-10H,11-12H2,1-2H3. The lowest BCUT2D eigenvalue weighted by atomic mass is 10.2. The zero-order chi connectivity index (χ0) is 16.4. The van der Waals surface area contributed by atoms with Crippen molar-refractivity contribution in [1.82, 2.24) is 14.3 Å². The molecular formula is C18H18ClN3O. The van der Waals surface area contributed by atoms with E-state index in [1.165, 1.54) is 5.56 Å². The lowest BCUT2D eigenvalue weighted by Gasteiger charge is -2.16. The smallest absolute Gasteiger partial charge is 0.258 e. The van der Waals surface area contributed by atoms with E-state index >= 15 is 0 Å². The second-order valence-electron chi connectivity index (χ2n) is 5.82. The first-order chi connectivity index (χ1) is 11.0. The SMILES string of the molecule is Cc1ccn2c(=O)cc(CN(C)Cc3ccc(Cl)cc3)nc2c1. The molecule has 0 amide bonds. The summed E-state index contributed by atoms with van der Waals surface area (Å²) in [5.74, 6) is 0. The maximum absolute atomic E-state index is 12.2. The van der Waals surface area contributed by atoms with Crippen LogP contribution in [0.1, 0.15) is 16.8 Å². The van der Waals surface area contributed by atoms with Crippen molar-refractivity contribution in [1.29, 1.82) is 0 Å². The molecule has 0 radical (unpaired) electrons. The number of aromatic nitrogens is 2. The number of hydrogen-bond donors (Lipinski definition) is 0. The Labute approximate surface area is 140 Å². The Hall–Kier alpha value is -2.17. The Kier molecular flexibility index (Phi) is 4.46. The Morgan fingerprint density at radius 1 is 1.13 bits per heavy atom. The molecule has 3 rings (SSSR count). The van der Waals surface area contributed by atoms with Gasteiger partial charge in [0.05, 0.1) is 5.69 Å². The Morgan fingerprint density at radius 3 is 2.61 bits per heavy atom. The van der Waals surface area contributed by atoms with Gasteiger partial charge in [0.15, 0.2) is 0 Å². The van der Waals surface area contributed by atoms with Crippen molar-refractivity contribution in [2.45, 2.75) is 20.0 Å². The zero-order valence-electron chi connectivity index (χ0n) is 13.2. The van der Waals surface area contributed by atoms with Gasteiger partial charge in [0.2, 0.25) is 0 Å². The Bertz CT molecular complexity index is 887. The van der Waals surface area contributed by atoms with Crippen molar-refractivity contribution >= 4 is 17.2 Å². The molecule has 0 saturated heterocycles. The maximum Gasteiger partial charge on any atom is 0.258 e. The largest absolute Gasteiger partial charge is 0.296 e. The van der Waals surface area contributed by atoms with Crippen LogP contribution in [0.3, 0.4) is 0 Å². The molecule has 4 nitrogen and oxygen atoms in total. The summed E-state index contributed by atoms with van der Waals surface area (Å²) >= 11 is 5.90. The van der Waals surface area contributed by atoms with Crippen LogP contribution in [-0.4, -0.2) is 21.3 Å². The molecular weight excluding hydrogens is 310 g/mol. The van der Waals surface area contributed by atoms with Crippen LogP contribution in [0.25, 0.3) is 5.65 Å². The van der Waals surface area contributed by atoms with Gasteiger partial charge in [0.25, 0.3) is 5.56 Å². The van der Waals surface area contributed by atoms with Gasteiger partial charge in [0.1, 0.15) is 5.65 Å². The fraction of sp³-hybridized carbons (Fsp3) is 0.222. The van der Waals surface area contributed by atoms with Crippen LogP contribution in [-0.2, 0) is 13.1 Å². The van der Waals surface area contributed by atoms with Gasteiger partial charge < -0.3 is 0 Å². The van der Waals surface area contributed by atoms with E-state index in [1.54, 1.807) is 16.7 Å². The molecule has 0 aliphatic rings. The third kappa shape index (κ3) is 3.78. The lowest BCUT2D eigenvalue weighted by Crippen LogP contribution is -2.21. The summed E-state index contributed by atoms with van der Waals surface area (Å²) in [6, 6.07) is 13.2. The first-order valence-corrected chi connectivity index (χ1v) is 7.81. The summed E-state index contributed by atoms with van der Waals surface area (Å²) in [7, 11) is 2.01. The number of halogens is 1. The third-order valence-electron chi connectivity index (χ3n) is 3.67. The molecule has 0 spiro atoms. The van der Waals surface area contributed by atoms with Gasteiger partial charge in [-0.25, -0.2) is 4.98 Å². The minimum absolute atomic E-state index is 0.0510. The minimum Gasteiger partial charge on any atom is -0.296 e. The molecule has 23 heavy (non-hydrogen) atoms. The van der Waals surface area contributed by atoms with Crippen LogP contribution in [0, 0.1) is 6.92 Å². The monoisotopic (exact) mass is 327 g/mol. The van der Waals surface area contributed by atoms with Crippen LogP contribution >= 0.6 is 11.6 Å².